The van der Waals surface area contributed by atoms with E-state index < -0.39 is 35.3 Å². The second-order valence-corrected chi connectivity index (χ2v) is 6.97. The van der Waals surface area contributed by atoms with Gasteiger partial charge in [0.1, 0.15) is 17.2 Å². The molecule has 0 saturated heterocycles. The number of nitrogens with one attached hydrogen (secondary N) is 1. The first-order valence-electron chi connectivity index (χ1n) is 9.39. The first kappa shape index (κ1) is 23.0. The minimum absolute atomic E-state index is 0.0179. The number of hydrogen-bond acceptors (Lipinski definition) is 6. The van der Waals surface area contributed by atoms with Gasteiger partial charge in [-0.25, -0.2) is 14.8 Å². The SMILES string of the molecule is NOC(=O)c1cc(Nc2ccc(C(F)(F)F)cc2)nc(-c2c(C(F)(F)F)nc3ccccn23)c1. The van der Waals surface area contributed by atoms with Crippen molar-refractivity contribution in [2.24, 2.45) is 5.90 Å². The molecule has 0 radical (unpaired) electrons. The fourth-order valence-corrected chi connectivity index (χ4v) is 3.23. The molecule has 34 heavy (non-hydrogen) atoms. The lowest BCUT2D eigenvalue weighted by Crippen LogP contribution is -2.12. The number of rotatable bonds is 4. The minimum atomic E-state index is -4.85. The first-order valence-corrected chi connectivity index (χ1v) is 9.39. The molecule has 4 rings (SSSR count). The number of aromatic nitrogens is 3. The van der Waals surface area contributed by atoms with Crippen LogP contribution in [0.1, 0.15) is 21.6 Å². The minimum Gasteiger partial charge on any atom is -0.370 e. The number of hydrogen-bond donors (Lipinski definition) is 2. The number of nitrogens with two attached hydrogens (primary N) is 1. The Morgan fingerprint density at radius 1 is 0.941 bits per heavy atom. The molecule has 0 saturated carbocycles. The van der Waals surface area contributed by atoms with Crippen molar-refractivity contribution in [3.8, 4) is 11.4 Å². The van der Waals surface area contributed by atoms with Gasteiger partial charge in [0.05, 0.1) is 16.8 Å². The second-order valence-electron chi connectivity index (χ2n) is 6.97. The highest BCUT2D eigenvalue weighted by Gasteiger charge is 2.39. The van der Waals surface area contributed by atoms with Crippen LogP contribution in [0, 0.1) is 0 Å². The van der Waals surface area contributed by atoms with Crippen molar-refractivity contribution in [2.75, 3.05) is 5.32 Å². The molecule has 0 amide bonds. The van der Waals surface area contributed by atoms with Crippen LogP contribution in [0.2, 0.25) is 0 Å². The molecule has 176 valence electrons. The summed E-state index contributed by atoms with van der Waals surface area (Å²) in [4.78, 5) is 24.0. The van der Waals surface area contributed by atoms with E-state index in [0.717, 1.165) is 40.8 Å². The maximum atomic E-state index is 13.8. The largest absolute Gasteiger partial charge is 0.435 e. The Balaban J connectivity index is 1.85. The van der Waals surface area contributed by atoms with E-state index in [0.29, 0.717) is 0 Å². The van der Waals surface area contributed by atoms with Crippen LogP contribution >= 0.6 is 0 Å². The summed E-state index contributed by atoms with van der Waals surface area (Å²) < 4.78 is 80.8. The molecule has 0 aliphatic carbocycles. The van der Waals surface area contributed by atoms with Gasteiger partial charge in [0.25, 0.3) is 0 Å². The van der Waals surface area contributed by atoms with E-state index in [9.17, 15) is 31.1 Å². The van der Waals surface area contributed by atoms with Crippen molar-refractivity contribution in [3.63, 3.8) is 0 Å². The average molecular weight is 481 g/mol. The lowest BCUT2D eigenvalue weighted by atomic mass is 10.1. The molecule has 13 heteroatoms. The highest BCUT2D eigenvalue weighted by molar-refractivity contribution is 5.91. The molecule has 0 unspecified atom stereocenters. The van der Waals surface area contributed by atoms with E-state index in [-0.39, 0.29) is 28.4 Å². The van der Waals surface area contributed by atoms with Gasteiger partial charge >= 0.3 is 18.3 Å². The second kappa shape index (κ2) is 8.33. The molecule has 0 aliphatic rings. The molecule has 0 aliphatic heterocycles. The predicted octanol–water partition coefficient (Wildman–Crippen LogP) is 5.21. The number of benzene rings is 1. The number of nitrogens with zero attached hydrogens (tertiary/aromatic N) is 3. The van der Waals surface area contributed by atoms with E-state index in [2.05, 4.69) is 20.1 Å². The van der Waals surface area contributed by atoms with E-state index in [1.807, 2.05) is 0 Å². The van der Waals surface area contributed by atoms with Gasteiger partial charge in [-0.15, -0.1) is 0 Å². The molecule has 0 atom stereocenters. The Morgan fingerprint density at radius 3 is 2.26 bits per heavy atom. The van der Waals surface area contributed by atoms with Crippen molar-refractivity contribution in [1.82, 2.24) is 14.4 Å². The smallest absolute Gasteiger partial charge is 0.370 e. The molecule has 3 aromatic heterocycles. The van der Waals surface area contributed by atoms with Crippen molar-refractivity contribution >= 4 is 23.1 Å². The third-order valence-corrected chi connectivity index (χ3v) is 4.69. The van der Waals surface area contributed by atoms with Crippen LogP contribution in [-0.4, -0.2) is 20.3 Å². The summed E-state index contributed by atoms with van der Waals surface area (Å²) in [5.74, 6) is 3.72. The fourth-order valence-electron chi connectivity index (χ4n) is 3.23. The lowest BCUT2D eigenvalue weighted by Gasteiger charge is -2.13. The number of carbonyl (C=O) groups excluding carboxylic acids is 1. The number of anilines is 2. The van der Waals surface area contributed by atoms with Crippen molar-refractivity contribution in [2.45, 2.75) is 12.4 Å². The Morgan fingerprint density at radius 2 is 1.65 bits per heavy atom. The van der Waals surface area contributed by atoms with Crippen molar-refractivity contribution in [3.05, 3.63) is 77.6 Å². The summed E-state index contributed by atoms with van der Waals surface area (Å²) in [5.41, 5.74) is -3.03. The summed E-state index contributed by atoms with van der Waals surface area (Å²) >= 11 is 0. The molecular formula is C21H13F6N5O2. The maximum absolute atomic E-state index is 13.8. The fraction of sp³-hybridized carbons (Fsp3) is 0.0952. The zero-order chi connectivity index (χ0) is 24.7. The maximum Gasteiger partial charge on any atom is 0.435 e. The summed E-state index contributed by atoms with van der Waals surface area (Å²) in [5, 5.41) is 2.67. The highest BCUT2D eigenvalue weighted by Crippen LogP contribution is 2.37. The molecular weight excluding hydrogens is 468 g/mol. The third-order valence-electron chi connectivity index (χ3n) is 4.69. The van der Waals surface area contributed by atoms with Gasteiger partial charge in [0.2, 0.25) is 0 Å². The molecule has 7 nitrogen and oxygen atoms in total. The van der Waals surface area contributed by atoms with E-state index in [4.69, 9.17) is 5.90 Å². The van der Waals surface area contributed by atoms with Gasteiger partial charge < -0.3 is 10.2 Å². The van der Waals surface area contributed by atoms with Crippen LogP contribution in [0.5, 0.6) is 0 Å². The summed E-state index contributed by atoms with van der Waals surface area (Å²) in [7, 11) is 0. The van der Waals surface area contributed by atoms with Crippen LogP contribution < -0.4 is 11.2 Å². The number of fused-ring (bicyclic) bond motifs is 1. The Kier molecular flexibility index (Phi) is 5.65. The molecule has 3 heterocycles. The zero-order valence-corrected chi connectivity index (χ0v) is 16.8. The lowest BCUT2D eigenvalue weighted by molar-refractivity contribution is -0.140. The zero-order valence-electron chi connectivity index (χ0n) is 16.8. The average Bonchev–Trinajstić information content (AvgIpc) is 3.18. The topological polar surface area (TPSA) is 94.5 Å². The van der Waals surface area contributed by atoms with Gasteiger partial charge in [-0.2, -0.15) is 32.2 Å². The summed E-state index contributed by atoms with van der Waals surface area (Å²) in [6.07, 6.45) is -8.06. The molecule has 3 N–H and O–H groups in total. The van der Waals surface area contributed by atoms with Crippen LogP contribution in [0.25, 0.3) is 17.0 Å². The van der Waals surface area contributed by atoms with Gasteiger partial charge in [-0.05, 0) is 48.5 Å². The summed E-state index contributed by atoms with van der Waals surface area (Å²) in [6.45, 7) is 0. The van der Waals surface area contributed by atoms with Crippen LogP contribution in [0.4, 0.5) is 37.8 Å². The Labute approximate surface area is 186 Å². The highest BCUT2D eigenvalue weighted by atomic mass is 19.4. The Bertz CT molecular complexity index is 1360. The van der Waals surface area contributed by atoms with Crippen LogP contribution in [-0.2, 0) is 17.2 Å². The molecule has 1 aromatic carbocycles. The summed E-state index contributed by atoms with van der Waals surface area (Å²) in [6, 6.07) is 10.4. The number of halogens is 6. The van der Waals surface area contributed by atoms with Crippen molar-refractivity contribution < 1.29 is 36.0 Å². The van der Waals surface area contributed by atoms with Gasteiger partial charge in [-0.1, -0.05) is 6.07 Å². The predicted molar refractivity (Wildman–Crippen MR) is 108 cm³/mol. The number of alkyl halides is 6. The van der Waals surface area contributed by atoms with E-state index >= 15 is 0 Å². The van der Waals surface area contributed by atoms with Crippen LogP contribution in [0.3, 0.4) is 0 Å². The Hall–Kier alpha value is -4.13. The molecule has 0 spiro atoms. The molecule has 0 bridgehead atoms. The number of imidazole rings is 1. The normalized spacial score (nSPS) is 12.1. The van der Waals surface area contributed by atoms with Crippen LogP contribution in [0.15, 0.2) is 60.8 Å². The van der Waals surface area contributed by atoms with Crippen molar-refractivity contribution in [1.29, 1.82) is 0 Å². The van der Waals surface area contributed by atoms with Gasteiger partial charge in [0, 0.05) is 11.9 Å². The number of carbonyl (C=O) groups is 1. The van der Waals surface area contributed by atoms with Gasteiger partial charge in [0.15, 0.2) is 5.69 Å². The number of pyridine rings is 2. The third kappa shape index (κ3) is 4.50. The quantitative estimate of drug-likeness (QED) is 0.307. The molecule has 4 aromatic rings. The standard InChI is InChI=1S/C21H13F6N5O2/c22-20(23,24)12-4-6-13(7-5-12)29-15-10-11(19(33)34-28)9-14(30-15)17-18(21(25,26)27)31-16-3-1-2-8-32(16)17/h1-10H,28H2,(H,29,30). The first-order chi connectivity index (χ1) is 16.0. The monoisotopic (exact) mass is 481 g/mol. The van der Waals surface area contributed by atoms with E-state index in [1.54, 1.807) is 0 Å². The van der Waals surface area contributed by atoms with E-state index in [1.165, 1.54) is 24.4 Å². The molecule has 0 fully saturated rings. The van der Waals surface area contributed by atoms with Gasteiger partial charge in [-0.3, -0.25) is 4.40 Å².